The molecule has 1 amide bonds. The second kappa shape index (κ2) is 8.05. The monoisotopic (exact) mass is 363 g/mol. The number of benzene rings is 1. The largest absolute Gasteiger partial charge is 0.444 e. The molecule has 8 heteroatoms. The van der Waals surface area contributed by atoms with Gasteiger partial charge in [-0.05, 0) is 57.4 Å². The number of halogens is 3. The summed E-state index contributed by atoms with van der Waals surface area (Å²) in [6.07, 6.45) is -7.71. The van der Waals surface area contributed by atoms with E-state index in [-0.39, 0.29) is 24.1 Å². The van der Waals surface area contributed by atoms with Gasteiger partial charge < -0.3 is 20.3 Å². The van der Waals surface area contributed by atoms with Crippen LogP contribution in [-0.4, -0.2) is 34.6 Å². The molecule has 0 aliphatic carbocycles. The Morgan fingerprint density at radius 2 is 1.84 bits per heavy atom. The first-order valence-corrected chi connectivity index (χ1v) is 7.82. The zero-order valence-electron chi connectivity index (χ0n) is 14.6. The van der Waals surface area contributed by atoms with Crippen LogP contribution in [0.3, 0.4) is 0 Å². The van der Waals surface area contributed by atoms with Crippen molar-refractivity contribution in [1.29, 1.82) is 0 Å². The normalized spacial score (nSPS) is 14.8. The standard InChI is InChI=1S/C17H24F3NO4/c1-10-9-11(17(18,19)20)5-6-12(10)14(23)13(22)7-8-21-15(24)25-16(2,3)4/h5-6,9,13-14,22-23H,7-8H2,1-4H3,(H,21,24). The maximum atomic E-state index is 12.7. The Morgan fingerprint density at radius 1 is 1.24 bits per heavy atom. The van der Waals surface area contributed by atoms with Gasteiger partial charge >= 0.3 is 12.3 Å². The van der Waals surface area contributed by atoms with E-state index in [0.29, 0.717) is 0 Å². The second-order valence-corrected chi connectivity index (χ2v) is 6.80. The molecule has 1 aromatic rings. The molecule has 0 fully saturated rings. The van der Waals surface area contributed by atoms with E-state index in [2.05, 4.69) is 5.32 Å². The summed E-state index contributed by atoms with van der Waals surface area (Å²) in [7, 11) is 0. The van der Waals surface area contributed by atoms with Crippen LogP contribution in [0.4, 0.5) is 18.0 Å². The number of hydrogen-bond donors (Lipinski definition) is 3. The van der Waals surface area contributed by atoms with Crippen LogP contribution in [0, 0.1) is 6.92 Å². The van der Waals surface area contributed by atoms with E-state index in [1.54, 1.807) is 20.8 Å². The maximum absolute atomic E-state index is 12.7. The summed E-state index contributed by atoms with van der Waals surface area (Å²) < 4.78 is 43.0. The third-order valence-corrected chi connectivity index (χ3v) is 3.39. The Balaban J connectivity index is 2.62. The molecular formula is C17H24F3NO4. The summed E-state index contributed by atoms with van der Waals surface area (Å²) in [5.74, 6) is 0. The van der Waals surface area contributed by atoms with E-state index in [0.717, 1.165) is 18.2 Å². The van der Waals surface area contributed by atoms with Crippen LogP contribution < -0.4 is 5.32 Å². The molecule has 1 rings (SSSR count). The molecule has 0 aliphatic rings. The first-order valence-electron chi connectivity index (χ1n) is 7.82. The van der Waals surface area contributed by atoms with Gasteiger partial charge in [0.15, 0.2) is 0 Å². The van der Waals surface area contributed by atoms with Gasteiger partial charge in [0, 0.05) is 6.54 Å². The number of nitrogens with one attached hydrogen (secondary N) is 1. The fraction of sp³-hybridized carbons (Fsp3) is 0.588. The lowest BCUT2D eigenvalue weighted by molar-refractivity contribution is -0.137. The van der Waals surface area contributed by atoms with Crippen molar-refractivity contribution < 1.29 is 32.9 Å². The number of rotatable bonds is 5. The molecule has 0 radical (unpaired) electrons. The van der Waals surface area contributed by atoms with Gasteiger partial charge in [0.1, 0.15) is 11.7 Å². The Morgan fingerprint density at radius 3 is 2.32 bits per heavy atom. The van der Waals surface area contributed by atoms with Gasteiger partial charge in [0.05, 0.1) is 11.7 Å². The first-order chi connectivity index (χ1) is 11.3. The SMILES string of the molecule is Cc1cc(C(F)(F)F)ccc1C(O)C(O)CCNC(=O)OC(C)(C)C. The van der Waals surface area contributed by atoms with Crippen molar-refractivity contribution in [2.24, 2.45) is 0 Å². The van der Waals surface area contributed by atoms with E-state index < -0.39 is 35.6 Å². The number of carbonyl (C=O) groups excluding carboxylic acids is 1. The third kappa shape index (κ3) is 6.91. The number of aliphatic hydroxyl groups excluding tert-OH is 2. The number of ether oxygens (including phenoxy) is 1. The number of alkyl halides is 3. The van der Waals surface area contributed by atoms with Crippen LogP contribution in [0.2, 0.25) is 0 Å². The minimum atomic E-state index is -4.47. The number of amides is 1. The third-order valence-electron chi connectivity index (χ3n) is 3.39. The minimum absolute atomic E-state index is 0.0148. The molecule has 0 aromatic heterocycles. The summed E-state index contributed by atoms with van der Waals surface area (Å²) in [6.45, 7) is 6.60. The Labute approximate surface area is 144 Å². The van der Waals surface area contributed by atoms with Crippen molar-refractivity contribution in [2.45, 2.75) is 58.1 Å². The summed E-state index contributed by atoms with van der Waals surface area (Å²) in [5, 5.41) is 22.6. The highest BCUT2D eigenvalue weighted by Gasteiger charge is 2.31. The van der Waals surface area contributed by atoms with Gasteiger partial charge in [-0.1, -0.05) is 6.07 Å². The van der Waals surface area contributed by atoms with Crippen LogP contribution in [0.25, 0.3) is 0 Å². The summed E-state index contributed by atoms with van der Waals surface area (Å²) in [5.41, 5.74) is -1.04. The number of hydrogen-bond acceptors (Lipinski definition) is 4. The van der Waals surface area contributed by atoms with Gasteiger partial charge in [-0.15, -0.1) is 0 Å². The Hall–Kier alpha value is -1.80. The zero-order valence-corrected chi connectivity index (χ0v) is 14.6. The lowest BCUT2D eigenvalue weighted by atomic mass is 9.96. The van der Waals surface area contributed by atoms with Crippen LogP contribution >= 0.6 is 0 Å². The van der Waals surface area contributed by atoms with Gasteiger partial charge in [-0.25, -0.2) is 4.79 Å². The van der Waals surface area contributed by atoms with Crippen molar-refractivity contribution in [1.82, 2.24) is 5.32 Å². The molecular weight excluding hydrogens is 339 g/mol. The Kier molecular flexibility index (Phi) is 6.84. The Bertz CT molecular complexity index is 597. The number of carbonyl (C=O) groups is 1. The van der Waals surface area contributed by atoms with E-state index in [1.165, 1.54) is 6.92 Å². The smallest absolute Gasteiger partial charge is 0.416 e. The van der Waals surface area contributed by atoms with Crippen molar-refractivity contribution in [2.75, 3.05) is 6.54 Å². The maximum Gasteiger partial charge on any atom is 0.416 e. The number of aryl methyl sites for hydroxylation is 1. The molecule has 2 unspecified atom stereocenters. The van der Waals surface area contributed by atoms with E-state index in [1.807, 2.05) is 0 Å². The highest BCUT2D eigenvalue weighted by molar-refractivity contribution is 5.67. The van der Waals surface area contributed by atoms with Crippen LogP contribution in [-0.2, 0) is 10.9 Å². The van der Waals surface area contributed by atoms with Crippen molar-refractivity contribution in [3.63, 3.8) is 0 Å². The predicted octanol–water partition coefficient (Wildman–Crippen LogP) is 3.32. The zero-order chi connectivity index (χ0) is 19.4. The predicted molar refractivity (Wildman–Crippen MR) is 86.0 cm³/mol. The lowest BCUT2D eigenvalue weighted by Gasteiger charge is -2.22. The van der Waals surface area contributed by atoms with Crippen molar-refractivity contribution >= 4 is 6.09 Å². The molecule has 0 saturated heterocycles. The second-order valence-electron chi connectivity index (χ2n) is 6.80. The summed E-state index contributed by atoms with van der Waals surface area (Å²) >= 11 is 0. The lowest BCUT2D eigenvalue weighted by Crippen LogP contribution is -2.34. The highest BCUT2D eigenvalue weighted by atomic mass is 19.4. The average molecular weight is 363 g/mol. The van der Waals surface area contributed by atoms with E-state index in [9.17, 15) is 28.2 Å². The molecule has 0 saturated carbocycles. The molecule has 1 aromatic carbocycles. The molecule has 25 heavy (non-hydrogen) atoms. The molecule has 5 nitrogen and oxygen atoms in total. The number of aliphatic hydroxyl groups is 2. The van der Waals surface area contributed by atoms with E-state index in [4.69, 9.17) is 4.74 Å². The van der Waals surface area contributed by atoms with Crippen molar-refractivity contribution in [3.8, 4) is 0 Å². The van der Waals surface area contributed by atoms with E-state index >= 15 is 0 Å². The molecule has 0 bridgehead atoms. The molecule has 142 valence electrons. The van der Waals surface area contributed by atoms with Gasteiger partial charge in [0.2, 0.25) is 0 Å². The average Bonchev–Trinajstić information content (AvgIpc) is 2.43. The highest BCUT2D eigenvalue weighted by Crippen LogP contribution is 2.32. The summed E-state index contributed by atoms with van der Waals surface area (Å²) in [6, 6.07) is 2.93. The van der Waals surface area contributed by atoms with Crippen LogP contribution in [0.5, 0.6) is 0 Å². The number of alkyl carbamates (subject to hydrolysis) is 1. The van der Waals surface area contributed by atoms with Crippen LogP contribution in [0.1, 0.15) is 50.0 Å². The van der Waals surface area contributed by atoms with Gasteiger partial charge in [-0.2, -0.15) is 13.2 Å². The molecule has 2 atom stereocenters. The van der Waals surface area contributed by atoms with Crippen LogP contribution in [0.15, 0.2) is 18.2 Å². The molecule has 3 N–H and O–H groups in total. The fourth-order valence-corrected chi connectivity index (χ4v) is 2.19. The first kappa shape index (κ1) is 21.2. The minimum Gasteiger partial charge on any atom is -0.444 e. The summed E-state index contributed by atoms with van der Waals surface area (Å²) in [4.78, 5) is 11.5. The molecule has 0 aliphatic heterocycles. The molecule has 0 heterocycles. The molecule has 0 spiro atoms. The van der Waals surface area contributed by atoms with Gasteiger partial charge in [-0.3, -0.25) is 0 Å². The van der Waals surface area contributed by atoms with Gasteiger partial charge in [0.25, 0.3) is 0 Å². The fourth-order valence-electron chi connectivity index (χ4n) is 2.19. The quantitative estimate of drug-likeness (QED) is 0.750. The topological polar surface area (TPSA) is 78.8 Å². The van der Waals surface area contributed by atoms with Crippen molar-refractivity contribution in [3.05, 3.63) is 34.9 Å².